The number of aryl methyl sites for hydroxylation is 1. The van der Waals surface area contributed by atoms with Gasteiger partial charge in [-0.25, -0.2) is 0 Å². The lowest BCUT2D eigenvalue weighted by Gasteiger charge is -2.36. The minimum atomic E-state index is -0.329. The van der Waals surface area contributed by atoms with Crippen LogP contribution in [0.4, 0.5) is 0 Å². The summed E-state index contributed by atoms with van der Waals surface area (Å²) in [5.41, 5.74) is 1.06. The number of carbonyl (C=O) groups is 1. The summed E-state index contributed by atoms with van der Waals surface area (Å²) in [6, 6.07) is 7.80. The van der Waals surface area contributed by atoms with Crippen LogP contribution in [0.1, 0.15) is 18.9 Å². The van der Waals surface area contributed by atoms with Gasteiger partial charge in [-0.3, -0.25) is 4.79 Å². The van der Waals surface area contributed by atoms with Gasteiger partial charge in [0.2, 0.25) is 5.91 Å². The van der Waals surface area contributed by atoms with Gasteiger partial charge < -0.3 is 14.7 Å². The smallest absolute Gasteiger partial charge is 0.223 e. The number of rotatable bonds is 5. The molecule has 1 amide bonds. The van der Waals surface area contributed by atoms with Crippen LogP contribution in [0.3, 0.4) is 0 Å². The summed E-state index contributed by atoms with van der Waals surface area (Å²) < 4.78 is 5.52. The van der Waals surface area contributed by atoms with E-state index in [1.807, 2.05) is 31.2 Å². The van der Waals surface area contributed by atoms with Crippen LogP contribution < -0.4 is 4.74 Å². The molecule has 4 heteroatoms. The molecule has 0 unspecified atom stereocenters. The predicted molar refractivity (Wildman–Crippen MR) is 68.5 cm³/mol. The number of carbonyl (C=O) groups excluding carboxylic acids is 1. The van der Waals surface area contributed by atoms with Crippen molar-refractivity contribution in [1.29, 1.82) is 0 Å². The Morgan fingerprint density at radius 1 is 1.44 bits per heavy atom. The second-order valence-corrected chi connectivity index (χ2v) is 4.49. The molecule has 98 valence electrons. The molecule has 4 nitrogen and oxygen atoms in total. The van der Waals surface area contributed by atoms with Crippen molar-refractivity contribution in [2.45, 2.75) is 25.9 Å². The van der Waals surface area contributed by atoms with Gasteiger partial charge in [-0.1, -0.05) is 18.2 Å². The molecule has 1 heterocycles. The lowest BCUT2D eigenvalue weighted by molar-refractivity contribution is -0.141. The predicted octanol–water partition coefficient (Wildman–Crippen LogP) is 1.22. The summed E-state index contributed by atoms with van der Waals surface area (Å²) in [7, 11) is 0. The minimum absolute atomic E-state index is 0.103. The molecule has 2 rings (SSSR count). The summed E-state index contributed by atoms with van der Waals surface area (Å²) in [6.07, 6.45) is 0.822. The Morgan fingerprint density at radius 2 is 2.17 bits per heavy atom. The highest BCUT2D eigenvalue weighted by Gasteiger charge is 2.28. The van der Waals surface area contributed by atoms with Gasteiger partial charge in [-0.2, -0.15) is 0 Å². The van der Waals surface area contributed by atoms with Gasteiger partial charge in [0.25, 0.3) is 0 Å². The van der Waals surface area contributed by atoms with Gasteiger partial charge >= 0.3 is 0 Å². The number of hydrogen-bond donors (Lipinski definition) is 1. The van der Waals surface area contributed by atoms with Crippen LogP contribution in [0, 0.1) is 0 Å². The number of para-hydroxylation sites is 1. The van der Waals surface area contributed by atoms with E-state index >= 15 is 0 Å². The van der Waals surface area contributed by atoms with Crippen molar-refractivity contribution in [1.82, 2.24) is 4.90 Å². The SMILES string of the molecule is CCOc1ccccc1CCC(=O)N1CC(O)C1. The van der Waals surface area contributed by atoms with Gasteiger partial charge in [0.15, 0.2) is 0 Å². The Hall–Kier alpha value is -1.55. The summed E-state index contributed by atoms with van der Waals surface area (Å²) >= 11 is 0. The second kappa shape index (κ2) is 5.87. The van der Waals surface area contributed by atoms with Crippen LogP contribution in [-0.4, -0.2) is 41.7 Å². The molecule has 0 atom stereocenters. The van der Waals surface area contributed by atoms with E-state index in [2.05, 4.69) is 0 Å². The molecule has 18 heavy (non-hydrogen) atoms. The molecule has 0 aliphatic carbocycles. The van der Waals surface area contributed by atoms with Crippen LogP contribution in [-0.2, 0) is 11.2 Å². The van der Waals surface area contributed by atoms with Crippen molar-refractivity contribution < 1.29 is 14.6 Å². The van der Waals surface area contributed by atoms with Crippen molar-refractivity contribution in [2.75, 3.05) is 19.7 Å². The Balaban J connectivity index is 1.87. The first-order chi connectivity index (χ1) is 8.70. The van der Waals surface area contributed by atoms with Crippen LogP contribution in [0.25, 0.3) is 0 Å². The second-order valence-electron chi connectivity index (χ2n) is 4.49. The largest absolute Gasteiger partial charge is 0.494 e. The molecule has 0 radical (unpaired) electrons. The molecule has 1 fully saturated rings. The molecule has 0 bridgehead atoms. The van der Waals surface area contributed by atoms with Crippen molar-refractivity contribution in [3.05, 3.63) is 29.8 Å². The van der Waals surface area contributed by atoms with E-state index in [1.54, 1.807) is 4.90 Å². The first-order valence-corrected chi connectivity index (χ1v) is 6.37. The number of likely N-dealkylation sites (tertiary alicyclic amines) is 1. The van der Waals surface area contributed by atoms with E-state index in [9.17, 15) is 4.79 Å². The normalized spacial score (nSPS) is 15.3. The zero-order chi connectivity index (χ0) is 13.0. The molecule has 0 aromatic heterocycles. The zero-order valence-corrected chi connectivity index (χ0v) is 10.6. The highest BCUT2D eigenvalue weighted by Crippen LogP contribution is 2.20. The van der Waals surface area contributed by atoms with Crippen LogP contribution in [0.5, 0.6) is 5.75 Å². The third-order valence-electron chi connectivity index (χ3n) is 3.10. The molecule has 1 aromatic rings. The summed E-state index contributed by atoms with van der Waals surface area (Å²) in [5.74, 6) is 0.961. The first-order valence-electron chi connectivity index (χ1n) is 6.37. The lowest BCUT2D eigenvalue weighted by Crippen LogP contribution is -2.53. The maximum atomic E-state index is 11.8. The molecule has 1 aliphatic heterocycles. The first kappa shape index (κ1) is 12.9. The van der Waals surface area contributed by atoms with Crippen molar-refractivity contribution in [3.8, 4) is 5.75 Å². The molecular formula is C14H19NO3. The van der Waals surface area contributed by atoms with Crippen molar-refractivity contribution in [2.24, 2.45) is 0 Å². The number of benzene rings is 1. The maximum Gasteiger partial charge on any atom is 0.223 e. The van der Waals surface area contributed by atoms with Gasteiger partial charge in [0.1, 0.15) is 5.75 Å². The van der Waals surface area contributed by atoms with E-state index in [4.69, 9.17) is 9.84 Å². The fourth-order valence-corrected chi connectivity index (χ4v) is 2.07. The van der Waals surface area contributed by atoms with E-state index in [0.29, 0.717) is 32.5 Å². The average Bonchev–Trinajstić information content (AvgIpc) is 2.34. The number of β-amino-alcohol motifs (C(OH)–C–C–N with tert-alkyl or cyclic N) is 1. The van der Waals surface area contributed by atoms with Gasteiger partial charge in [-0.15, -0.1) is 0 Å². The number of hydrogen-bond acceptors (Lipinski definition) is 3. The fraction of sp³-hybridized carbons (Fsp3) is 0.500. The van der Waals surface area contributed by atoms with E-state index in [0.717, 1.165) is 11.3 Å². The Morgan fingerprint density at radius 3 is 2.83 bits per heavy atom. The average molecular weight is 249 g/mol. The number of nitrogens with zero attached hydrogens (tertiary/aromatic N) is 1. The minimum Gasteiger partial charge on any atom is -0.494 e. The van der Waals surface area contributed by atoms with E-state index in [1.165, 1.54) is 0 Å². The quantitative estimate of drug-likeness (QED) is 0.853. The Bertz CT molecular complexity index is 413. The van der Waals surface area contributed by atoms with Gasteiger partial charge in [-0.05, 0) is 25.0 Å². The van der Waals surface area contributed by atoms with Crippen LogP contribution >= 0.6 is 0 Å². The van der Waals surface area contributed by atoms with Gasteiger partial charge in [0.05, 0.1) is 12.7 Å². The van der Waals surface area contributed by atoms with Crippen LogP contribution in [0.15, 0.2) is 24.3 Å². The third kappa shape index (κ3) is 3.01. The van der Waals surface area contributed by atoms with E-state index in [-0.39, 0.29) is 12.0 Å². The third-order valence-corrected chi connectivity index (χ3v) is 3.10. The Kier molecular flexibility index (Phi) is 4.20. The summed E-state index contributed by atoms with van der Waals surface area (Å²) in [6.45, 7) is 3.53. The number of ether oxygens (including phenoxy) is 1. The lowest BCUT2D eigenvalue weighted by atomic mass is 10.1. The summed E-state index contributed by atoms with van der Waals surface area (Å²) in [4.78, 5) is 13.5. The molecule has 0 spiro atoms. The topological polar surface area (TPSA) is 49.8 Å². The van der Waals surface area contributed by atoms with Crippen molar-refractivity contribution >= 4 is 5.91 Å². The highest BCUT2D eigenvalue weighted by atomic mass is 16.5. The standard InChI is InChI=1S/C14H19NO3/c1-2-18-13-6-4-3-5-11(13)7-8-14(17)15-9-12(16)10-15/h3-6,12,16H,2,7-10H2,1H3. The number of aliphatic hydroxyl groups is 1. The van der Waals surface area contributed by atoms with Crippen LogP contribution in [0.2, 0.25) is 0 Å². The highest BCUT2D eigenvalue weighted by molar-refractivity contribution is 5.77. The van der Waals surface area contributed by atoms with E-state index < -0.39 is 0 Å². The molecule has 1 saturated heterocycles. The Labute approximate surface area is 107 Å². The molecule has 1 aromatic carbocycles. The number of aliphatic hydroxyl groups excluding tert-OH is 1. The van der Waals surface area contributed by atoms with Crippen molar-refractivity contribution in [3.63, 3.8) is 0 Å². The molecule has 1 aliphatic rings. The molecule has 1 N–H and O–H groups in total. The molecule has 0 saturated carbocycles. The monoisotopic (exact) mass is 249 g/mol. The fourth-order valence-electron chi connectivity index (χ4n) is 2.07. The molecular weight excluding hydrogens is 230 g/mol. The summed E-state index contributed by atoms with van der Waals surface area (Å²) in [5, 5.41) is 9.15. The number of amides is 1. The maximum absolute atomic E-state index is 11.8. The zero-order valence-electron chi connectivity index (χ0n) is 10.6. The van der Waals surface area contributed by atoms with Gasteiger partial charge in [0, 0.05) is 19.5 Å².